The molecule has 2 aromatic rings. The Morgan fingerprint density at radius 1 is 1.00 bits per heavy atom. The Morgan fingerprint density at radius 2 is 1.72 bits per heavy atom. The summed E-state index contributed by atoms with van der Waals surface area (Å²) in [4.78, 5) is 12.4. The molecule has 0 aromatic heterocycles. The van der Waals surface area contributed by atoms with E-state index in [9.17, 15) is 4.79 Å². The lowest BCUT2D eigenvalue weighted by molar-refractivity contribution is 0.252. The summed E-state index contributed by atoms with van der Waals surface area (Å²) in [5.41, 5.74) is 6.94. The van der Waals surface area contributed by atoms with Crippen LogP contribution in [-0.2, 0) is 11.8 Å². The highest BCUT2D eigenvalue weighted by atomic mass is 16.2. The zero-order valence-electron chi connectivity index (χ0n) is 16.3. The number of nitrogens with one attached hydrogen (secondary N) is 2. The first kappa shape index (κ1) is 19.0. The van der Waals surface area contributed by atoms with Crippen LogP contribution in [-0.4, -0.2) is 12.6 Å². The molecule has 0 atom stereocenters. The Balaban J connectivity index is 1.99. The minimum absolute atomic E-state index is 0.0202. The predicted molar refractivity (Wildman–Crippen MR) is 107 cm³/mol. The van der Waals surface area contributed by atoms with Crippen LogP contribution in [0.15, 0.2) is 36.4 Å². The van der Waals surface area contributed by atoms with E-state index in [0.29, 0.717) is 6.54 Å². The van der Waals surface area contributed by atoms with Crippen LogP contribution in [0.3, 0.4) is 0 Å². The molecule has 0 aliphatic rings. The molecular formula is C22H30N2O. The normalized spacial score (nSPS) is 11.3. The number of carbonyl (C=O) groups is 1. The number of anilines is 1. The molecule has 2 amide bonds. The number of carbonyl (C=O) groups excluding carboxylic acids is 1. The van der Waals surface area contributed by atoms with Crippen molar-refractivity contribution >= 4 is 11.7 Å². The standard InChI is InChI=1S/C22H30N2O/c1-15-10-11-18(17(3)14-15)12-13-23-21(25)24-20-16(2)8-7-9-19(20)22(4,5)6/h7-11,14H,12-13H2,1-6H3,(H2,23,24,25). The summed E-state index contributed by atoms with van der Waals surface area (Å²) in [5, 5.41) is 6.02. The van der Waals surface area contributed by atoms with Crippen LogP contribution in [0.4, 0.5) is 10.5 Å². The Labute approximate surface area is 151 Å². The number of urea groups is 1. The van der Waals surface area contributed by atoms with Gasteiger partial charge in [0, 0.05) is 12.2 Å². The second-order valence-corrected chi connectivity index (χ2v) is 7.81. The Bertz CT molecular complexity index is 757. The van der Waals surface area contributed by atoms with E-state index in [4.69, 9.17) is 0 Å². The molecule has 0 aliphatic heterocycles. The molecule has 25 heavy (non-hydrogen) atoms. The molecule has 3 nitrogen and oxygen atoms in total. The zero-order valence-corrected chi connectivity index (χ0v) is 16.3. The summed E-state index contributed by atoms with van der Waals surface area (Å²) in [6.07, 6.45) is 0.833. The summed E-state index contributed by atoms with van der Waals surface area (Å²) in [7, 11) is 0. The lowest BCUT2D eigenvalue weighted by atomic mass is 9.84. The summed E-state index contributed by atoms with van der Waals surface area (Å²) in [6.45, 7) is 13.3. The van der Waals surface area contributed by atoms with Gasteiger partial charge in [0.05, 0.1) is 0 Å². The highest BCUT2D eigenvalue weighted by molar-refractivity contribution is 5.91. The van der Waals surface area contributed by atoms with Gasteiger partial charge in [0.1, 0.15) is 0 Å². The third kappa shape index (κ3) is 5.09. The zero-order chi connectivity index (χ0) is 18.6. The first-order valence-corrected chi connectivity index (χ1v) is 8.89. The quantitative estimate of drug-likeness (QED) is 0.783. The SMILES string of the molecule is Cc1ccc(CCNC(=O)Nc2c(C)cccc2C(C)(C)C)c(C)c1. The summed E-state index contributed by atoms with van der Waals surface area (Å²) in [6, 6.07) is 12.4. The van der Waals surface area contributed by atoms with Gasteiger partial charge in [-0.2, -0.15) is 0 Å². The number of rotatable bonds is 4. The highest BCUT2D eigenvalue weighted by Crippen LogP contribution is 2.31. The molecule has 0 heterocycles. The van der Waals surface area contributed by atoms with E-state index in [2.05, 4.69) is 69.5 Å². The fourth-order valence-electron chi connectivity index (χ4n) is 3.05. The maximum absolute atomic E-state index is 12.4. The van der Waals surface area contributed by atoms with Crippen molar-refractivity contribution in [2.75, 3.05) is 11.9 Å². The van der Waals surface area contributed by atoms with Crippen LogP contribution in [0.1, 0.15) is 48.6 Å². The van der Waals surface area contributed by atoms with Crippen molar-refractivity contribution in [3.63, 3.8) is 0 Å². The van der Waals surface area contributed by atoms with E-state index in [1.165, 1.54) is 16.7 Å². The van der Waals surface area contributed by atoms with Gasteiger partial charge >= 0.3 is 6.03 Å². The van der Waals surface area contributed by atoms with Crippen LogP contribution in [0.25, 0.3) is 0 Å². The van der Waals surface area contributed by atoms with Crippen molar-refractivity contribution in [3.05, 3.63) is 64.2 Å². The first-order chi connectivity index (χ1) is 11.7. The molecule has 3 heteroatoms. The number of para-hydroxylation sites is 1. The van der Waals surface area contributed by atoms with Crippen LogP contribution < -0.4 is 10.6 Å². The maximum Gasteiger partial charge on any atom is 0.319 e. The summed E-state index contributed by atoms with van der Waals surface area (Å²) >= 11 is 0. The molecule has 0 saturated carbocycles. The van der Waals surface area contributed by atoms with E-state index in [0.717, 1.165) is 23.2 Å². The van der Waals surface area contributed by atoms with E-state index in [-0.39, 0.29) is 11.4 Å². The van der Waals surface area contributed by atoms with Crippen molar-refractivity contribution in [1.29, 1.82) is 0 Å². The van der Waals surface area contributed by atoms with Crippen LogP contribution in [0.5, 0.6) is 0 Å². The lowest BCUT2D eigenvalue weighted by Crippen LogP contribution is -2.32. The van der Waals surface area contributed by atoms with Gasteiger partial charge in [0.15, 0.2) is 0 Å². The topological polar surface area (TPSA) is 41.1 Å². The van der Waals surface area contributed by atoms with E-state index >= 15 is 0 Å². The number of hydrogen-bond donors (Lipinski definition) is 2. The van der Waals surface area contributed by atoms with Gasteiger partial charge in [-0.15, -0.1) is 0 Å². The van der Waals surface area contributed by atoms with Gasteiger partial charge in [-0.1, -0.05) is 62.7 Å². The maximum atomic E-state index is 12.4. The van der Waals surface area contributed by atoms with Gasteiger partial charge in [-0.3, -0.25) is 0 Å². The largest absolute Gasteiger partial charge is 0.338 e. The average molecular weight is 338 g/mol. The molecule has 0 radical (unpaired) electrons. The highest BCUT2D eigenvalue weighted by Gasteiger charge is 2.20. The van der Waals surface area contributed by atoms with Gasteiger partial charge in [0.2, 0.25) is 0 Å². The molecule has 2 rings (SSSR count). The average Bonchev–Trinajstić information content (AvgIpc) is 2.50. The van der Waals surface area contributed by atoms with Crippen LogP contribution in [0, 0.1) is 20.8 Å². The second-order valence-electron chi connectivity index (χ2n) is 7.81. The molecule has 0 saturated heterocycles. The molecule has 0 bridgehead atoms. The van der Waals surface area contributed by atoms with Crippen molar-refractivity contribution in [1.82, 2.24) is 5.32 Å². The molecule has 2 aromatic carbocycles. The number of benzene rings is 2. The number of amides is 2. The van der Waals surface area contributed by atoms with Crippen LogP contribution >= 0.6 is 0 Å². The molecule has 134 valence electrons. The Hall–Kier alpha value is -2.29. The lowest BCUT2D eigenvalue weighted by Gasteiger charge is -2.24. The fourth-order valence-corrected chi connectivity index (χ4v) is 3.05. The van der Waals surface area contributed by atoms with E-state index in [1.54, 1.807) is 0 Å². The fraction of sp³-hybridized carbons (Fsp3) is 0.409. The van der Waals surface area contributed by atoms with Gasteiger partial charge in [-0.25, -0.2) is 4.79 Å². The molecule has 0 fully saturated rings. The third-order valence-electron chi connectivity index (χ3n) is 4.50. The smallest absolute Gasteiger partial charge is 0.319 e. The number of hydrogen-bond acceptors (Lipinski definition) is 1. The van der Waals surface area contributed by atoms with Gasteiger partial charge < -0.3 is 10.6 Å². The first-order valence-electron chi connectivity index (χ1n) is 8.89. The predicted octanol–water partition coefficient (Wildman–Crippen LogP) is 5.27. The Morgan fingerprint density at radius 3 is 2.36 bits per heavy atom. The van der Waals surface area contributed by atoms with Crippen LogP contribution in [0.2, 0.25) is 0 Å². The number of aryl methyl sites for hydroxylation is 3. The minimum Gasteiger partial charge on any atom is -0.338 e. The van der Waals surface area contributed by atoms with Crippen molar-refractivity contribution < 1.29 is 4.79 Å². The van der Waals surface area contributed by atoms with Gasteiger partial charge in [0.25, 0.3) is 0 Å². The molecule has 2 N–H and O–H groups in total. The van der Waals surface area contributed by atoms with Crippen molar-refractivity contribution in [2.24, 2.45) is 0 Å². The molecule has 0 aliphatic carbocycles. The monoisotopic (exact) mass is 338 g/mol. The van der Waals surface area contributed by atoms with Crippen molar-refractivity contribution in [3.8, 4) is 0 Å². The third-order valence-corrected chi connectivity index (χ3v) is 4.50. The molecule has 0 unspecified atom stereocenters. The summed E-state index contributed by atoms with van der Waals surface area (Å²) < 4.78 is 0. The summed E-state index contributed by atoms with van der Waals surface area (Å²) in [5.74, 6) is 0. The van der Waals surface area contributed by atoms with E-state index in [1.807, 2.05) is 19.1 Å². The van der Waals surface area contributed by atoms with Gasteiger partial charge in [-0.05, 0) is 54.9 Å². The van der Waals surface area contributed by atoms with E-state index < -0.39 is 0 Å². The molecular weight excluding hydrogens is 308 g/mol. The van der Waals surface area contributed by atoms with Crippen molar-refractivity contribution in [2.45, 2.75) is 53.4 Å². The second kappa shape index (κ2) is 7.73. The molecule has 0 spiro atoms. The minimum atomic E-state index is -0.149. The Kier molecular flexibility index (Phi) is 5.89.